The van der Waals surface area contributed by atoms with Crippen molar-refractivity contribution in [3.63, 3.8) is 0 Å². The summed E-state index contributed by atoms with van der Waals surface area (Å²) in [5.41, 5.74) is 1.75. The first-order chi connectivity index (χ1) is 13.3. The summed E-state index contributed by atoms with van der Waals surface area (Å²) in [5, 5.41) is 0. The van der Waals surface area contributed by atoms with Gasteiger partial charge in [-0.3, -0.25) is 4.79 Å². The molecule has 0 fully saturated rings. The van der Waals surface area contributed by atoms with Gasteiger partial charge in [0.25, 0.3) is 0 Å². The molecule has 0 aliphatic heterocycles. The monoisotopic (exact) mass is 362 g/mol. The predicted molar refractivity (Wildman–Crippen MR) is 105 cm³/mol. The Labute approximate surface area is 159 Å². The first-order valence-electron chi connectivity index (χ1n) is 8.91. The lowest BCUT2D eigenvalue weighted by Crippen LogP contribution is -2.05. The fraction of sp³-hybridized carbons (Fsp3) is 0.174. The van der Waals surface area contributed by atoms with Gasteiger partial charge in [0.2, 0.25) is 0 Å². The Morgan fingerprint density at radius 3 is 2.04 bits per heavy atom. The number of rotatable bonds is 10. The molecule has 0 bridgehead atoms. The fourth-order valence-corrected chi connectivity index (χ4v) is 2.49. The Morgan fingerprint density at radius 2 is 1.33 bits per heavy atom. The Morgan fingerprint density at radius 1 is 0.667 bits per heavy atom. The van der Waals surface area contributed by atoms with E-state index in [4.69, 9.17) is 14.2 Å². The highest BCUT2D eigenvalue weighted by atomic mass is 16.5. The van der Waals surface area contributed by atoms with Crippen LogP contribution in [0.15, 0.2) is 78.9 Å². The normalized spacial score (nSPS) is 10.2. The molecule has 0 aromatic heterocycles. The van der Waals surface area contributed by atoms with Gasteiger partial charge in [-0.15, -0.1) is 0 Å². The van der Waals surface area contributed by atoms with Gasteiger partial charge in [0.1, 0.15) is 30.1 Å². The zero-order chi connectivity index (χ0) is 18.7. The lowest BCUT2D eigenvalue weighted by atomic mass is 10.2. The second kappa shape index (κ2) is 10.0. The van der Waals surface area contributed by atoms with Crippen LogP contribution in [0.5, 0.6) is 17.2 Å². The third-order valence-corrected chi connectivity index (χ3v) is 3.89. The van der Waals surface area contributed by atoms with Crippen LogP contribution in [0.2, 0.25) is 0 Å². The smallest absolute Gasteiger partial charge is 0.150 e. The van der Waals surface area contributed by atoms with Crippen LogP contribution >= 0.6 is 0 Å². The van der Waals surface area contributed by atoms with Crippen molar-refractivity contribution in [2.45, 2.75) is 13.0 Å². The topological polar surface area (TPSA) is 44.8 Å². The number of carbonyl (C=O) groups excluding carboxylic acids is 1. The molecule has 0 N–H and O–H groups in total. The number of aldehydes is 1. The molecule has 4 heteroatoms. The fourth-order valence-electron chi connectivity index (χ4n) is 2.49. The predicted octanol–water partition coefficient (Wildman–Crippen LogP) is 4.93. The van der Waals surface area contributed by atoms with Gasteiger partial charge < -0.3 is 14.2 Å². The second-order valence-corrected chi connectivity index (χ2v) is 5.99. The highest BCUT2D eigenvalue weighted by Crippen LogP contribution is 2.19. The van der Waals surface area contributed by atoms with Crippen LogP contribution in [0.25, 0.3) is 0 Å². The summed E-state index contributed by atoms with van der Waals surface area (Å²) >= 11 is 0. The van der Waals surface area contributed by atoms with Gasteiger partial charge in [0.15, 0.2) is 0 Å². The van der Waals surface area contributed by atoms with E-state index < -0.39 is 0 Å². The number of benzene rings is 3. The van der Waals surface area contributed by atoms with Crippen molar-refractivity contribution in [1.82, 2.24) is 0 Å². The Balaban J connectivity index is 1.35. The molecule has 0 aliphatic carbocycles. The van der Waals surface area contributed by atoms with Crippen molar-refractivity contribution in [2.24, 2.45) is 0 Å². The molecular formula is C23H22O4. The maximum absolute atomic E-state index is 10.7. The Kier molecular flexibility index (Phi) is 6.87. The highest BCUT2D eigenvalue weighted by molar-refractivity contribution is 5.75. The zero-order valence-corrected chi connectivity index (χ0v) is 15.0. The van der Waals surface area contributed by atoms with Crippen LogP contribution in [0.4, 0.5) is 0 Å². The lowest BCUT2D eigenvalue weighted by Gasteiger charge is -2.10. The SMILES string of the molecule is O=Cc1cccc(OCCCOc2ccc(OCc3ccccc3)cc2)c1. The molecule has 0 spiro atoms. The minimum Gasteiger partial charge on any atom is -0.493 e. The van der Waals surface area contributed by atoms with E-state index in [1.54, 1.807) is 18.2 Å². The van der Waals surface area contributed by atoms with Crippen molar-refractivity contribution in [3.05, 3.63) is 90.0 Å². The number of hydrogen-bond acceptors (Lipinski definition) is 4. The van der Waals surface area contributed by atoms with E-state index in [1.807, 2.05) is 60.7 Å². The highest BCUT2D eigenvalue weighted by Gasteiger charge is 1.99. The van der Waals surface area contributed by atoms with E-state index in [0.29, 0.717) is 31.1 Å². The van der Waals surface area contributed by atoms with E-state index in [9.17, 15) is 4.79 Å². The Hall–Kier alpha value is -3.27. The van der Waals surface area contributed by atoms with Gasteiger partial charge in [0.05, 0.1) is 13.2 Å². The summed E-state index contributed by atoms with van der Waals surface area (Å²) < 4.78 is 17.1. The molecule has 0 saturated carbocycles. The number of hydrogen-bond donors (Lipinski definition) is 0. The number of carbonyl (C=O) groups is 1. The molecule has 0 aliphatic rings. The van der Waals surface area contributed by atoms with Crippen LogP contribution in [-0.4, -0.2) is 19.5 Å². The molecular weight excluding hydrogens is 340 g/mol. The van der Waals surface area contributed by atoms with Gasteiger partial charge in [0, 0.05) is 12.0 Å². The first kappa shape index (κ1) is 18.5. The maximum Gasteiger partial charge on any atom is 0.150 e. The van der Waals surface area contributed by atoms with Crippen molar-refractivity contribution in [1.29, 1.82) is 0 Å². The quantitative estimate of drug-likeness (QED) is 0.379. The van der Waals surface area contributed by atoms with Crippen molar-refractivity contribution in [2.75, 3.05) is 13.2 Å². The minimum absolute atomic E-state index is 0.528. The van der Waals surface area contributed by atoms with E-state index >= 15 is 0 Å². The van der Waals surface area contributed by atoms with Gasteiger partial charge in [-0.25, -0.2) is 0 Å². The third-order valence-electron chi connectivity index (χ3n) is 3.89. The van der Waals surface area contributed by atoms with Gasteiger partial charge in [-0.05, 0) is 42.0 Å². The summed E-state index contributed by atoms with van der Waals surface area (Å²) in [6, 6.07) is 24.8. The van der Waals surface area contributed by atoms with Crippen LogP contribution in [-0.2, 0) is 6.61 Å². The molecule has 3 rings (SSSR count). The minimum atomic E-state index is 0.528. The maximum atomic E-state index is 10.7. The molecule has 0 amide bonds. The van der Waals surface area contributed by atoms with E-state index in [-0.39, 0.29) is 0 Å². The largest absolute Gasteiger partial charge is 0.493 e. The molecule has 3 aromatic rings. The second-order valence-electron chi connectivity index (χ2n) is 5.99. The van der Waals surface area contributed by atoms with Crippen molar-refractivity contribution < 1.29 is 19.0 Å². The molecule has 4 nitrogen and oxygen atoms in total. The van der Waals surface area contributed by atoms with Crippen LogP contribution in [0.1, 0.15) is 22.3 Å². The molecule has 27 heavy (non-hydrogen) atoms. The Bertz CT molecular complexity index is 829. The van der Waals surface area contributed by atoms with Crippen molar-refractivity contribution in [3.8, 4) is 17.2 Å². The van der Waals surface area contributed by atoms with Gasteiger partial charge in [-0.1, -0.05) is 42.5 Å². The average Bonchev–Trinajstić information content (AvgIpc) is 2.74. The van der Waals surface area contributed by atoms with E-state index in [2.05, 4.69) is 0 Å². The van der Waals surface area contributed by atoms with Crippen LogP contribution < -0.4 is 14.2 Å². The molecule has 0 unspecified atom stereocenters. The molecule has 0 heterocycles. The van der Waals surface area contributed by atoms with E-state index in [0.717, 1.165) is 29.8 Å². The summed E-state index contributed by atoms with van der Waals surface area (Å²) in [6.45, 7) is 1.63. The summed E-state index contributed by atoms with van der Waals surface area (Å²) in [5.74, 6) is 2.30. The standard InChI is InChI=1S/C23H22O4/c24-17-20-8-4-9-23(16-20)26-15-5-14-25-21-10-12-22(13-11-21)27-18-19-6-2-1-3-7-19/h1-4,6-13,16-17H,5,14-15,18H2. The van der Waals surface area contributed by atoms with Gasteiger partial charge in [-0.2, -0.15) is 0 Å². The van der Waals surface area contributed by atoms with Crippen LogP contribution in [0, 0.1) is 0 Å². The molecule has 0 radical (unpaired) electrons. The summed E-state index contributed by atoms with van der Waals surface area (Å²) in [7, 11) is 0. The van der Waals surface area contributed by atoms with Crippen LogP contribution in [0.3, 0.4) is 0 Å². The summed E-state index contributed by atoms with van der Waals surface area (Å²) in [4.78, 5) is 10.7. The van der Waals surface area contributed by atoms with Gasteiger partial charge >= 0.3 is 0 Å². The first-order valence-corrected chi connectivity index (χ1v) is 8.91. The average molecular weight is 362 g/mol. The third kappa shape index (κ3) is 6.19. The molecule has 3 aromatic carbocycles. The lowest BCUT2D eigenvalue weighted by molar-refractivity contribution is 0.112. The van der Waals surface area contributed by atoms with Crippen molar-refractivity contribution >= 4 is 6.29 Å². The van der Waals surface area contributed by atoms with E-state index in [1.165, 1.54) is 0 Å². The molecule has 0 saturated heterocycles. The zero-order valence-electron chi connectivity index (χ0n) is 15.0. The summed E-state index contributed by atoms with van der Waals surface area (Å²) in [6.07, 6.45) is 1.56. The molecule has 138 valence electrons. The number of ether oxygens (including phenoxy) is 3. The molecule has 0 atom stereocenters.